The van der Waals surface area contributed by atoms with Crippen molar-refractivity contribution in [3.05, 3.63) is 58.3 Å². The molecule has 1 atom stereocenters. The van der Waals surface area contributed by atoms with Gasteiger partial charge >= 0.3 is 0 Å². The van der Waals surface area contributed by atoms with Gasteiger partial charge in [-0.2, -0.15) is 4.98 Å². The fourth-order valence-corrected chi connectivity index (χ4v) is 5.41. The molecule has 4 heterocycles. The number of allylic oxidation sites excluding steroid dienone is 3. The molecule has 2 fully saturated rings. The maximum absolute atomic E-state index is 13.9. The van der Waals surface area contributed by atoms with E-state index in [0.29, 0.717) is 6.04 Å². The van der Waals surface area contributed by atoms with E-state index in [2.05, 4.69) is 34.6 Å². The van der Waals surface area contributed by atoms with Crippen LogP contribution in [0, 0.1) is 5.82 Å². The van der Waals surface area contributed by atoms with E-state index in [1.54, 1.807) is 19.2 Å². The summed E-state index contributed by atoms with van der Waals surface area (Å²) in [5, 5.41) is 0.0953. The molecule has 0 radical (unpaired) electrons. The lowest BCUT2D eigenvalue weighted by atomic mass is 10.1. The average Bonchev–Trinajstić information content (AvgIpc) is 3.08. The molecule has 1 aromatic heterocycles. The molecular weight excluding hydrogens is 491 g/mol. The number of hydrogen-bond donors (Lipinski definition) is 0. The monoisotopic (exact) mass is 524 g/mol. The lowest BCUT2D eigenvalue weighted by Crippen LogP contribution is -2.32. The van der Waals surface area contributed by atoms with Gasteiger partial charge in [0.25, 0.3) is 0 Å². The largest absolute Gasteiger partial charge is 0.495 e. The van der Waals surface area contributed by atoms with E-state index < -0.39 is 5.82 Å². The van der Waals surface area contributed by atoms with Crippen LogP contribution in [0.15, 0.2) is 52.5 Å². The highest BCUT2D eigenvalue weighted by Crippen LogP contribution is 2.31. The number of hydrogen-bond acceptors (Lipinski definition) is 7. The summed E-state index contributed by atoms with van der Waals surface area (Å²) in [6, 6.07) is 7.16. The Labute approximate surface area is 223 Å². The Morgan fingerprint density at radius 2 is 1.84 bits per heavy atom. The molecule has 2 aromatic rings. The number of methoxy groups -OCH3 is 1. The second-order valence-electron chi connectivity index (χ2n) is 9.93. The molecule has 1 unspecified atom stereocenters. The van der Waals surface area contributed by atoms with Crippen LogP contribution in [-0.4, -0.2) is 67.0 Å². The van der Waals surface area contributed by atoms with E-state index in [9.17, 15) is 4.39 Å². The van der Waals surface area contributed by atoms with E-state index in [1.807, 2.05) is 12.3 Å². The number of anilines is 2. The number of nitrogens with zero attached hydrogens (tertiary/aromatic N) is 6. The minimum absolute atomic E-state index is 0.0953. The number of halogens is 2. The molecule has 5 rings (SSSR count). The highest BCUT2D eigenvalue weighted by molar-refractivity contribution is 6.31. The summed E-state index contributed by atoms with van der Waals surface area (Å²) < 4.78 is 19.3. The Bertz CT molecular complexity index is 1250. The minimum atomic E-state index is -0.431. The van der Waals surface area contributed by atoms with Gasteiger partial charge in [0.2, 0.25) is 5.95 Å². The molecule has 0 N–H and O–H groups in total. The van der Waals surface area contributed by atoms with Gasteiger partial charge in [0, 0.05) is 50.4 Å². The van der Waals surface area contributed by atoms with Crippen molar-refractivity contribution in [2.75, 3.05) is 49.6 Å². The molecule has 0 aliphatic carbocycles. The van der Waals surface area contributed by atoms with Crippen molar-refractivity contribution in [2.24, 2.45) is 4.99 Å². The van der Waals surface area contributed by atoms with Crippen LogP contribution in [-0.2, 0) is 4.74 Å². The second-order valence-corrected chi connectivity index (χ2v) is 10.3. The van der Waals surface area contributed by atoms with Gasteiger partial charge in [-0.05, 0) is 69.4 Å². The van der Waals surface area contributed by atoms with Gasteiger partial charge in [-0.3, -0.25) is 0 Å². The van der Waals surface area contributed by atoms with Crippen LogP contribution in [0.4, 0.5) is 16.2 Å². The van der Waals surface area contributed by atoms with Crippen molar-refractivity contribution in [1.29, 1.82) is 0 Å². The number of ether oxygens (including phenoxy) is 1. The summed E-state index contributed by atoms with van der Waals surface area (Å²) in [6.45, 7) is 8.74. The lowest BCUT2D eigenvalue weighted by Gasteiger charge is -2.27. The molecular formula is C28H34ClFN6O. The van der Waals surface area contributed by atoms with Gasteiger partial charge in [-0.1, -0.05) is 11.6 Å². The first kappa shape index (κ1) is 25.5. The van der Waals surface area contributed by atoms with Crippen LogP contribution in [0.25, 0.3) is 11.3 Å². The highest BCUT2D eigenvalue weighted by Gasteiger charge is 2.26. The van der Waals surface area contributed by atoms with Crippen molar-refractivity contribution in [3.8, 4) is 11.3 Å². The smallest absolute Gasteiger partial charge is 0.228 e. The number of benzene rings is 1. The van der Waals surface area contributed by atoms with E-state index in [1.165, 1.54) is 11.6 Å². The average molecular weight is 525 g/mol. The van der Waals surface area contributed by atoms with Crippen molar-refractivity contribution >= 4 is 29.6 Å². The molecule has 9 heteroatoms. The first-order chi connectivity index (χ1) is 17.9. The molecule has 0 bridgehead atoms. The Kier molecular flexibility index (Phi) is 7.65. The summed E-state index contributed by atoms with van der Waals surface area (Å²) in [4.78, 5) is 21.7. The number of aromatic nitrogens is 2. The molecule has 3 aliphatic heterocycles. The predicted octanol–water partition coefficient (Wildman–Crippen LogP) is 5.67. The molecule has 1 aromatic carbocycles. The van der Waals surface area contributed by atoms with Gasteiger partial charge < -0.3 is 19.4 Å². The van der Waals surface area contributed by atoms with Gasteiger partial charge in [0.05, 0.1) is 24.0 Å². The molecule has 196 valence electrons. The van der Waals surface area contributed by atoms with Crippen LogP contribution < -0.4 is 9.80 Å². The first-order valence-electron chi connectivity index (χ1n) is 13.0. The predicted molar refractivity (Wildman–Crippen MR) is 148 cm³/mol. The Morgan fingerprint density at radius 1 is 1.03 bits per heavy atom. The Hall–Kier alpha value is -3.13. The molecule has 7 nitrogen and oxygen atoms in total. The zero-order valence-electron chi connectivity index (χ0n) is 21.8. The van der Waals surface area contributed by atoms with Crippen molar-refractivity contribution in [1.82, 2.24) is 14.9 Å². The van der Waals surface area contributed by atoms with Crippen LogP contribution in [0.5, 0.6) is 0 Å². The molecule has 3 aliphatic rings. The standard InChI is InChI=1S/C28H34ClFN6O/c1-19-7-9-22(37-3)18-31-27(19)35-12-5-11-34(14-15-35)26-17-25(21-8-10-24(30)23(29)16-21)32-28(33-26)36-13-4-6-20(36)2/h8-10,16-18,20H,4-7,11-15H2,1-3H3. The summed E-state index contributed by atoms with van der Waals surface area (Å²) in [6.07, 6.45) is 7.93. The van der Waals surface area contributed by atoms with Gasteiger partial charge in [0.15, 0.2) is 0 Å². The van der Waals surface area contributed by atoms with E-state index in [0.717, 1.165) is 93.0 Å². The maximum atomic E-state index is 13.9. The SMILES string of the molecule is COC1=CCC(C)=C(N2CCCN(c3cc(-c4ccc(F)c(Cl)c4)nc(N4CCCC4C)n3)CC2)N=C1. The Balaban J connectivity index is 1.43. The van der Waals surface area contributed by atoms with E-state index in [-0.39, 0.29) is 5.02 Å². The van der Waals surface area contributed by atoms with Crippen LogP contribution in [0.3, 0.4) is 0 Å². The maximum Gasteiger partial charge on any atom is 0.228 e. The minimum Gasteiger partial charge on any atom is -0.495 e. The third-order valence-electron chi connectivity index (χ3n) is 7.39. The molecule has 0 saturated carbocycles. The van der Waals surface area contributed by atoms with Crippen LogP contribution >= 0.6 is 11.6 Å². The fourth-order valence-electron chi connectivity index (χ4n) is 5.22. The van der Waals surface area contributed by atoms with Crippen molar-refractivity contribution in [3.63, 3.8) is 0 Å². The van der Waals surface area contributed by atoms with Crippen LogP contribution in [0.1, 0.15) is 39.5 Å². The quantitative estimate of drug-likeness (QED) is 0.502. The second kappa shape index (κ2) is 11.1. The molecule has 37 heavy (non-hydrogen) atoms. The zero-order valence-corrected chi connectivity index (χ0v) is 22.5. The molecule has 2 saturated heterocycles. The zero-order chi connectivity index (χ0) is 25.9. The first-order valence-corrected chi connectivity index (χ1v) is 13.4. The molecule has 0 amide bonds. The number of rotatable bonds is 5. The molecule has 0 spiro atoms. The Morgan fingerprint density at radius 3 is 2.59 bits per heavy atom. The summed E-state index contributed by atoms with van der Waals surface area (Å²) >= 11 is 6.12. The third-order valence-corrected chi connectivity index (χ3v) is 7.68. The highest BCUT2D eigenvalue weighted by atomic mass is 35.5. The van der Waals surface area contributed by atoms with Gasteiger partial charge in [-0.15, -0.1) is 0 Å². The lowest BCUT2D eigenvalue weighted by molar-refractivity contribution is 0.316. The number of aliphatic imine (C=N–C) groups is 1. The van der Waals surface area contributed by atoms with E-state index >= 15 is 0 Å². The van der Waals surface area contributed by atoms with Crippen molar-refractivity contribution < 1.29 is 9.13 Å². The van der Waals surface area contributed by atoms with Gasteiger partial charge in [-0.25, -0.2) is 14.4 Å². The van der Waals surface area contributed by atoms with Crippen LogP contribution in [0.2, 0.25) is 5.02 Å². The van der Waals surface area contributed by atoms with E-state index in [4.69, 9.17) is 31.3 Å². The fraction of sp³-hybridized carbons (Fsp3) is 0.464. The normalized spacial score (nSPS) is 20.7. The summed E-state index contributed by atoms with van der Waals surface area (Å²) in [7, 11) is 1.68. The topological polar surface area (TPSA) is 57.1 Å². The summed E-state index contributed by atoms with van der Waals surface area (Å²) in [5.41, 5.74) is 2.78. The third kappa shape index (κ3) is 5.59. The van der Waals surface area contributed by atoms with Gasteiger partial charge in [0.1, 0.15) is 23.2 Å². The summed E-state index contributed by atoms with van der Waals surface area (Å²) in [5.74, 6) is 3.01. The van der Waals surface area contributed by atoms with Crippen molar-refractivity contribution in [2.45, 2.75) is 45.6 Å².